The Hall–Kier alpha value is -2.83. The fourth-order valence-corrected chi connectivity index (χ4v) is 2.52. The lowest BCUT2D eigenvalue weighted by molar-refractivity contribution is 0.397. The lowest BCUT2D eigenvalue weighted by Gasteiger charge is -2.10. The smallest absolute Gasteiger partial charge is 0.248 e. The van der Waals surface area contributed by atoms with E-state index in [1.165, 1.54) is 12.4 Å². The van der Waals surface area contributed by atoms with Gasteiger partial charge in [-0.1, -0.05) is 0 Å². The molecule has 1 aliphatic carbocycles. The number of aromatic nitrogens is 5. The van der Waals surface area contributed by atoms with Gasteiger partial charge in [0.25, 0.3) is 0 Å². The number of hydrogen-bond donors (Lipinski definition) is 1. The van der Waals surface area contributed by atoms with Gasteiger partial charge in [-0.2, -0.15) is 0 Å². The van der Waals surface area contributed by atoms with Crippen molar-refractivity contribution in [2.75, 3.05) is 7.11 Å². The Morgan fingerprint density at radius 1 is 1.23 bits per heavy atom. The fraction of sp³-hybridized carbons (Fsp3) is 0.267. The summed E-state index contributed by atoms with van der Waals surface area (Å²) in [5.41, 5.74) is 3.38. The molecule has 3 aromatic rings. The first kappa shape index (κ1) is 12.9. The van der Waals surface area contributed by atoms with Crippen LogP contribution in [0.3, 0.4) is 0 Å². The van der Waals surface area contributed by atoms with Gasteiger partial charge in [0.1, 0.15) is 17.5 Å². The lowest BCUT2D eigenvalue weighted by atomic mass is 10.1. The summed E-state index contributed by atoms with van der Waals surface area (Å²) in [5.74, 6) is 0.892. The third kappa shape index (κ3) is 2.11. The minimum atomic E-state index is -0.176. The van der Waals surface area contributed by atoms with E-state index in [1.54, 1.807) is 19.2 Å². The van der Waals surface area contributed by atoms with Crippen molar-refractivity contribution in [3.8, 4) is 17.1 Å². The molecule has 0 radical (unpaired) electrons. The van der Waals surface area contributed by atoms with Gasteiger partial charge in [-0.25, -0.2) is 9.97 Å². The topological polar surface area (TPSA) is 93.7 Å². The van der Waals surface area contributed by atoms with E-state index in [9.17, 15) is 4.79 Å². The molecule has 1 aliphatic rings. The standard InChI is InChI=1S/C15H13N5O2/c1-22-15-13(14(8-2-3-8)16-7-17-15)11-6-10-9(19-20-11)4-5-12(21)18-10/h4-8H,2-3H2,1H3,(H,18,21). The van der Waals surface area contributed by atoms with Gasteiger partial charge in [-0.3, -0.25) is 4.79 Å². The molecule has 1 saturated carbocycles. The van der Waals surface area contributed by atoms with Crippen molar-refractivity contribution in [2.24, 2.45) is 0 Å². The maximum atomic E-state index is 11.5. The number of nitrogens with one attached hydrogen (secondary N) is 1. The molecule has 0 amide bonds. The van der Waals surface area contributed by atoms with Crippen molar-refractivity contribution in [3.05, 3.63) is 40.6 Å². The van der Waals surface area contributed by atoms with Gasteiger partial charge in [-0.05, 0) is 25.0 Å². The lowest BCUT2D eigenvalue weighted by Crippen LogP contribution is -2.05. The van der Waals surface area contributed by atoms with Crippen molar-refractivity contribution in [1.29, 1.82) is 0 Å². The highest BCUT2D eigenvalue weighted by Gasteiger charge is 2.30. The van der Waals surface area contributed by atoms with Crippen LogP contribution in [0.15, 0.2) is 29.3 Å². The highest BCUT2D eigenvalue weighted by molar-refractivity contribution is 5.79. The van der Waals surface area contributed by atoms with Crippen LogP contribution in [-0.4, -0.2) is 32.3 Å². The second-order valence-electron chi connectivity index (χ2n) is 5.27. The molecule has 0 aromatic carbocycles. The first-order chi connectivity index (χ1) is 10.8. The summed E-state index contributed by atoms with van der Waals surface area (Å²) in [7, 11) is 1.57. The third-order valence-electron chi connectivity index (χ3n) is 3.73. The Morgan fingerprint density at radius 3 is 2.86 bits per heavy atom. The predicted octanol–water partition coefficient (Wildman–Crippen LogP) is 1.66. The van der Waals surface area contributed by atoms with Gasteiger partial charge >= 0.3 is 0 Å². The molecule has 0 atom stereocenters. The molecule has 4 rings (SSSR count). The van der Waals surface area contributed by atoms with E-state index >= 15 is 0 Å². The second kappa shape index (κ2) is 4.87. The van der Waals surface area contributed by atoms with Crippen molar-refractivity contribution in [2.45, 2.75) is 18.8 Å². The third-order valence-corrected chi connectivity index (χ3v) is 3.73. The van der Waals surface area contributed by atoms with Gasteiger partial charge < -0.3 is 9.72 Å². The second-order valence-corrected chi connectivity index (χ2v) is 5.27. The molecule has 110 valence electrons. The normalized spacial score (nSPS) is 14.2. The quantitative estimate of drug-likeness (QED) is 0.789. The van der Waals surface area contributed by atoms with Gasteiger partial charge in [0.15, 0.2) is 0 Å². The summed E-state index contributed by atoms with van der Waals surface area (Å²) in [6.45, 7) is 0. The number of hydrogen-bond acceptors (Lipinski definition) is 6. The van der Waals surface area contributed by atoms with Crippen LogP contribution in [0.4, 0.5) is 0 Å². The molecule has 3 aromatic heterocycles. The summed E-state index contributed by atoms with van der Waals surface area (Å²) >= 11 is 0. The van der Waals surface area contributed by atoms with Crippen LogP contribution < -0.4 is 10.3 Å². The van der Waals surface area contributed by atoms with Crippen LogP contribution in [0.25, 0.3) is 22.3 Å². The SMILES string of the molecule is COc1ncnc(C2CC2)c1-c1cc2[nH]c(=O)ccc2nn1. The van der Waals surface area contributed by atoms with E-state index in [1.807, 2.05) is 0 Å². The molecule has 7 nitrogen and oxygen atoms in total. The Morgan fingerprint density at radius 2 is 2.09 bits per heavy atom. The molecule has 0 aliphatic heterocycles. The molecule has 1 fully saturated rings. The van der Waals surface area contributed by atoms with Crippen LogP contribution in [-0.2, 0) is 0 Å². The molecular weight excluding hydrogens is 282 g/mol. The van der Waals surface area contributed by atoms with Crippen LogP contribution in [0.2, 0.25) is 0 Å². The van der Waals surface area contributed by atoms with Crippen LogP contribution >= 0.6 is 0 Å². The minimum absolute atomic E-state index is 0.176. The van der Waals surface area contributed by atoms with E-state index in [-0.39, 0.29) is 5.56 Å². The Balaban J connectivity index is 1.96. The Bertz CT molecular complexity index is 917. The van der Waals surface area contributed by atoms with E-state index in [4.69, 9.17) is 4.74 Å². The van der Waals surface area contributed by atoms with Gasteiger partial charge in [0, 0.05) is 12.0 Å². The molecule has 7 heteroatoms. The Kier molecular flexibility index (Phi) is 2.85. The maximum absolute atomic E-state index is 11.5. The first-order valence-corrected chi connectivity index (χ1v) is 7.02. The van der Waals surface area contributed by atoms with Gasteiger partial charge in [0.2, 0.25) is 11.4 Å². The number of aromatic amines is 1. The summed E-state index contributed by atoms with van der Waals surface area (Å²) in [6.07, 6.45) is 3.71. The van der Waals surface area contributed by atoms with Crippen LogP contribution in [0.1, 0.15) is 24.5 Å². The van der Waals surface area contributed by atoms with Gasteiger partial charge in [0.05, 0.1) is 23.9 Å². The number of methoxy groups -OCH3 is 1. The fourth-order valence-electron chi connectivity index (χ4n) is 2.52. The van der Waals surface area contributed by atoms with E-state index in [2.05, 4.69) is 25.1 Å². The number of pyridine rings is 1. The largest absolute Gasteiger partial charge is 0.480 e. The summed E-state index contributed by atoms with van der Waals surface area (Å²) in [6, 6.07) is 4.86. The van der Waals surface area contributed by atoms with Crippen LogP contribution in [0, 0.1) is 0 Å². The van der Waals surface area contributed by atoms with Gasteiger partial charge in [-0.15, -0.1) is 10.2 Å². The van der Waals surface area contributed by atoms with E-state index < -0.39 is 0 Å². The molecule has 0 bridgehead atoms. The number of nitrogens with zero attached hydrogens (tertiary/aromatic N) is 4. The summed E-state index contributed by atoms with van der Waals surface area (Å²) in [5, 5.41) is 8.42. The van der Waals surface area contributed by atoms with Crippen molar-refractivity contribution >= 4 is 11.0 Å². The molecule has 3 heterocycles. The van der Waals surface area contributed by atoms with Crippen molar-refractivity contribution in [1.82, 2.24) is 25.1 Å². The number of H-pyrrole nitrogens is 1. The summed E-state index contributed by atoms with van der Waals surface area (Å²) in [4.78, 5) is 22.8. The maximum Gasteiger partial charge on any atom is 0.248 e. The number of ether oxygens (including phenoxy) is 1. The van der Waals surface area contributed by atoms with E-state index in [0.29, 0.717) is 28.5 Å². The average Bonchev–Trinajstić information content (AvgIpc) is 3.38. The zero-order chi connectivity index (χ0) is 15.1. The minimum Gasteiger partial charge on any atom is -0.480 e. The molecule has 1 N–H and O–H groups in total. The molecule has 0 unspecified atom stereocenters. The monoisotopic (exact) mass is 295 g/mol. The predicted molar refractivity (Wildman–Crippen MR) is 79.7 cm³/mol. The van der Waals surface area contributed by atoms with Crippen molar-refractivity contribution < 1.29 is 4.74 Å². The van der Waals surface area contributed by atoms with Crippen LogP contribution in [0.5, 0.6) is 5.88 Å². The number of rotatable bonds is 3. The first-order valence-electron chi connectivity index (χ1n) is 7.02. The zero-order valence-electron chi connectivity index (χ0n) is 11.9. The molecular formula is C15H13N5O2. The number of fused-ring (bicyclic) bond motifs is 1. The van der Waals surface area contributed by atoms with E-state index in [0.717, 1.165) is 24.1 Å². The zero-order valence-corrected chi connectivity index (χ0v) is 11.9. The highest BCUT2D eigenvalue weighted by atomic mass is 16.5. The molecule has 22 heavy (non-hydrogen) atoms. The molecule has 0 spiro atoms. The Labute approximate surface area is 125 Å². The molecule has 0 saturated heterocycles. The summed E-state index contributed by atoms with van der Waals surface area (Å²) < 4.78 is 5.36. The average molecular weight is 295 g/mol. The van der Waals surface area contributed by atoms with Crippen molar-refractivity contribution in [3.63, 3.8) is 0 Å². The highest BCUT2D eigenvalue weighted by Crippen LogP contribution is 2.45.